The van der Waals surface area contributed by atoms with Gasteiger partial charge in [-0.3, -0.25) is 14.0 Å². The maximum atomic E-state index is 4.90. The zero-order chi connectivity index (χ0) is 18.5. The number of pyridine rings is 2. The lowest BCUT2D eigenvalue weighted by Gasteiger charge is -2.10. The molecule has 0 aliphatic carbocycles. The Bertz CT molecular complexity index is 1450. The first-order valence-electron chi connectivity index (χ1n) is 9.27. The van der Waals surface area contributed by atoms with Crippen molar-refractivity contribution in [2.45, 2.75) is 0 Å². The molecule has 0 saturated heterocycles. The molecule has 0 atom stereocenters. The smallest absolute Gasteiger partial charge is 0.150 e. The SMILES string of the molecule is c1cc(-c2ccncc2)cc(-n2c3ccccc3c3nc4ccccn4c32)c1. The number of nitrogens with zero attached hydrogens (tertiary/aromatic N) is 4. The molecule has 4 heterocycles. The largest absolute Gasteiger partial charge is 0.294 e. The summed E-state index contributed by atoms with van der Waals surface area (Å²) in [5, 5.41) is 1.16. The molecule has 0 unspecified atom stereocenters. The van der Waals surface area contributed by atoms with Gasteiger partial charge in [-0.05, 0) is 53.6 Å². The summed E-state index contributed by atoms with van der Waals surface area (Å²) in [6.45, 7) is 0. The number of fused-ring (bicyclic) bond motifs is 5. The van der Waals surface area contributed by atoms with Crippen molar-refractivity contribution in [2.24, 2.45) is 0 Å². The third-order valence-electron chi connectivity index (χ3n) is 5.23. The van der Waals surface area contributed by atoms with Crippen LogP contribution in [-0.2, 0) is 0 Å². The average Bonchev–Trinajstić information content (AvgIpc) is 3.29. The van der Waals surface area contributed by atoms with Gasteiger partial charge >= 0.3 is 0 Å². The van der Waals surface area contributed by atoms with E-state index in [-0.39, 0.29) is 0 Å². The van der Waals surface area contributed by atoms with Crippen LogP contribution in [0.3, 0.4) is 0 Å². The number of para-hydroxylation sites is 1. The molecule has 0 aliphatic heterocycles. The lowest BCUT2D eigenvalue weighted by molar-refractivity contribution is 1.09. The molecule has 0 aliphatic rings. The average molecular weight is 360 g/mol. The Morgan fingerprint density at radius 2 is 1.57 bits per heavy atom. The zero-order valence-electron chi connectivity index (χ0n) is 15.0. The predicted octanol–water partition coefficient (Wildman–Crippen LogP) is 5.49. The summed E-state index contributed by atoms with van der Waals surface area (Å²) >= 11 is 0. The minimum absolute atomic E-state index is 0.956. The number of hydrogen-bond donors (Lipinski definition) is 0. The van der Waals surface area contributed by atoms with E-state index in [1.165, 1.54) is 5.56 Å². The van der Waals surface area contributed by atoms with Crippen molar-refractivity contribution in [2.75, 3.05) is 0 Å². The van der Waals surface area contributed by atoms with Gasteiger partial charge in [0.1, 0.15) is 11.2 Å². The van der Waals surface area contributed by atoms with Gasteiger partial charge in [0.25, 0.3) is 0 Å². The predicted molar refractivity (Wildman–Crippen MR) is 113 cm³/mol. The van der Waals surface area contributed by atoms with Gasteiger partial charge in [0.2, 0.25) is 0 Å². The van der Waals surface area contributed by atoms with Gasteiger partial charge in [0, 0.05) is 29.7 Å². The summed E-state index contributed by atoms with van der Waals surface area (Å²) in [7, 11) is 0. The van der Waals surface area contributed by atoms with E-state index in [9.17, 15) is 0 Å². The molecule has 0 saturated carbocycles. The van der Waals surface area contributed by atoms with Crippen LogP contribution in [0.1, 0.15) is 0 Å². The summed E-state index contributed by atoms with van der Waals surface area (Å²) in [5.74, 6) is 0. The molecule has 4 nitrogen and oxygen atoms in total. The van der Waals surface area contributed by atoms with Crippen LogP contribution in [-0.4, -0.2) is 18.9 Å². The van der Waals surface area contributed by atoms with Gasteiger partial charge in [-0.1, -0.05) is 36.4 Å². The maximum absolute atomic E-state index is 4.90. The fraction of sp³-hybridized carbons (Fsp3) is 0. The van der Waals surface area contributed by atoms with Crippen molar-refractivity contribution in [1.29, 1.82) is 0 Å². The Morgan fingerprint density at radius 3 is 2.50 bits per heavy atom. The molecule has 132 valence electrons. The molecule has 2 aromatic carbocycles. The number of aromatic nitrogens is 4. The van der Waals surface area contributed by atoms with E-state index in [0.717, 1.165) is 39.0 Å². The molecule has 0 spiro atoms. The van der Waals surface area contributed by atoms with Crippen molar-refractivity contribution < 1.29 is 0 Å². The van der Waals surface area contributed by atoms with Crippen LogP contribution >= 0.6 is 0 Å². The van der Waals surface area contributed by atoms with Crippen LogP contribution in [0.25, 0.3) is 44.5 Å². The molecular formula is C24H16N4. The Balaban J connectivity index is 1.72. The Labute approximate surface area is 161 Å². The first-order valence-corrected chi connectivity index (χ1v) is 9.27. The molecule has 0 fully saturated rings. The van der Waals surface area contributed by atoms with Crippen LogP contribution in [0, 0.1) is 0 Å². The lowest BCUT2D eigenvalue weighted by atomic mass is 10.1. The molecule has 28 heavy (non-hydrogen) atoms. The first kappa shape index (κ1) is 15.2. The van der Waals surface area contributed by atoms with Crippen molar-refractivity contribution in [3.63, 3.8) is 0 Å². The summed E-state index contributed by atoms with van der Waals surface area (Å²) in [4.78, 5) is 9.04. The van der Waals surface area contributed by atoms with Crippen molar-refractivity contribution in [3.05, 3.63) is 97.5 Å². The molecule has 6 aromatic rings. The topological polar surface area (TPSA) is 35.1 Å². The highest BCUT2D eigenvalue weighted by Gasteiger charge is 2.17. The fourth-order valence-corrected chi connectivity index (χ4v) is 3.99. The lowest BCUT2D eigenvalue weighted by Crippen LogP contribution is -1.97. The van der Waals surface area contributed by atoms with Gasteiger partial charge in [0.15, 0.2) is 5.65 Å². The van der Waals surface area contributed by atoms with Crippen LogP contribution in [0.4, 0.5) is 0 Å². The Morgan fingerprint density at radius 1 is 0.714 bits per heavy atom. The quantitative estimate of drug-likeness (QED) is 0.409. The van der Waals surface area contributed by atoms with Gasteiger partial charge < -0.3 is 0 Å². The molecule has 0 N–H and O–H groups in total. The second-order valence-corrected chi connectivity index (χ2v) is 6.85. The molecule has 0 bridgehead atoms. The molecule has 0 amide bonds. The van der Waals surface area contributed by atoms with Crippen molar-refractivity contribution in [3.8, 4) is 16.8 Å². The standard InChI is InChI=1S/C24H16N4/c1-2-9-21-20(8-1)23-24(27-15-4-3-10-22(27)26-23)28(21)19-7-5-6-18(16-19)17-11-13-25-14-12-17/h1-16H. The van der Waals surface area contributed by atoms with Crippen LogP contribution in [0.15, 0.2) is 97.5 Å². The van der Waals surface area contributed by atoms with Gasteiger partial charge in [0.05, 0.1) is 5.52 Å². The summed E-state index contributed by atoms with van der Waals surface area (Å²) in [6, 6.07) is 27.3. The zero-order valence-corrected chi connectivity index (χ0v) is 15.0. The highest BCUT2D eigenvalue weighted by atomic mass is 15.1. The van der Waals surface area contributed by atoms with Gasteiger partial charge in [-0.15, -0.1) is 0 Å². The monoisotopic (exact) mass is 360 g/mol. The van der Waals surface area contributed by atoms with E-state index in [2.05, 4.69) is 68.7 Å². The van der Waals surface area contributed by atoms with Gasteiger partial charge in [-0.25, -0.2) is 4.98 Å². The number of hydrogen-bond acceptors (Lipinski definition) is 2. The molecule has 4 heteroatoms. The second kappa shape index (κ2) is 5.79. The highest BCUT2D eigenvalue weighted by molar-refractivity contribution is 6.07. The second-order valence-electron chi connectivity index (χ2n) is 6.85. The molecule has 0 radical (unpaired) electrons. The summed E-state index contributed by atoms with van der Waals surface area (Å²) in [5.41, 5.74) is 7.66. The van der Waals surface area contributed by atoms with E-state index in [4.69, 9.17) is 4.98 Å². The first-order chi connectivity index (χ1) is 13.9. The minimum Gasteiger partial charge on any atom is -0.294 e. The van der Waals surface area contributed by atoms with Crippen LogP contribution in [0.5, 0.6) is 0 Å². The summed E-state index contributed by atoms with van der Waals surface area (Å²) in [6.07, 6.45) is 5.73. The number of benzene rings is 2. The minimum atomic E-state index is 0.956. The van der Waals surface area contributed by atoms with E-state index >= 15 is 0 Å². The molecule has 4 aromatic heterocycles. The third-order valence-corrected chi connectivity index (χ3v) is 5.23. The maximum Gasteiger partial charge on any atom is 0.150 e. The fourth-order valence-electron chi connectivity index (χ4n) is 3.99. The molecule has 6 rings (SSSR count). The van der Waals surface area contributed by atoms with Crippen molar-refractivity contribution >= 4 is 27.7 Å². The third kappa shape index (κ3) is 2.12. The van der Waals surface area contributed by atoms with E-state index in [1.54, 1.807) is 0 Å². The van der Waals surface area contributed by atoms with E-state index in [0.29, 0.717) is 0 Å². The normalized spacial score (nSPS) is 11.6. The van der Waals surface area contributed by atoms with Crippen LogP contribution < -0.4 is 0 Å². The van der Waals surface area contributed by atoms with E-state index < -0.39 is 0 Å². The van der Waals surface area contributed by atoms with Crippen molar-refractivity contribution in [1.82, 2.24) is 18.9 Å². The highest BCUT2D eigenvalue weighted by Crippen LogP contribution is 2.33. The van der Waals surface area contributed by atoms with Crippen LogP contribution in [0.2, 0.25) is 0 Å². The Kier molecular flexibility index (Phi) is 3.14. The molecular weight excluding hydrogens is 344 g/mol. The van der Waals surface area contributed by atoms with Gasteiger partial charge in [-0.2, -0.15) is 0 Å². The van der Waals surface area contributed by atoms with E-state index in [1.807, 2.05) is 42.7 Å². The summed E-state index contributed by atoms with van der Waals surface area (Å²) < 4.78 is 4.46. The Hall–Kier alpha value is -3.92. The number of rotatable bonds is 2. The number of imidazole rings is 1.